The lowest BCUT2D eigenvalue weighted by atomic mass is 9.93. The van der Waals surface area contributed by atoms with E-state index in [9.17, 15) is 9.59 Å². The number of hydrogen-bond acceptors (Lipinski definition) is 4. The first-order valence-electron chi connectivity index (χ1n) is 10.5. The van der Waals surface area contributed by atoms with Gasteiger partial charge in [-0.2, -0.15) is 5.10 Å². The normalized spacial score (nSPS) is 19.7. The third kappa shape index (κ3) is 4.16. The zero-order valence-electron chi connectivity index (χ0n) is 17.1. The van der Waals surface area contributed by atoms with E-state index >= 15 is 0 Å². The Balaban J connectivity index is 1.30. The Morgan fingerprint density at radius 1 is 1.28 bits per heavy atom. The second kappa shape index (κ2) is 8.31. The quantitative estimate of drug-likeness (QED) is 0.827. The Bertz CT molecular complexity index is 911. The van der Waals surface area contributed by atoms with Crippen molar-refractivity contribution in [1.82, 2.24) is 25.0 Å². The molecule has 1 fully saturated rings. The molecule has 4 rings (SSSR count). The highest BCUT2D eigenvalue weighted by atomic mass is 16.5. The molecular weight excluding hydrogens is 370 g/mol. The molecule has 0 radical (unpaired) electrons. The van der Waals surface area contributed by atoms with E-state index in [2.05, 4.69) is 21.5 Å². The molecule has 0 bridgehead atoms. The van der Waals surface area contributed by atoms with Gasteiger partial charge in [0.2, 0.25) is 0 Å². The predicted molar refractivity (Wildman–Crippen MR) is 109 cm³/mol. The highest BCUT2D eigenvalue weighted by molar-refractivity contribution is 5.74. The van der Waals surface area contributed by atoms with Crippen LogP contribution < -0.4 is 15.7 Å². The average Bonchev–Trinajstić information content (AvgIpc) is 3.14. The molecule has 1 saturated heterocycles. The van der Waals surface area contributed by atoms with E-state index < -0.39 is 0 Å². The fourth-order valence-electron chi connectivity index (χ4n) is 4.12. The maximum atomic E-state index is 12.6. The molecule has 3 heterocycles. The smallest absolute Gasteiger partial charge is 0.343 e. The van der Waals surface area contributed by atoms with E-state index in [0.717, 1.165) is 30.6 Å². The number of aromatic nitrogens is 3. The Morgan fingerprint density at radius 2 is 2.03 bits per heavy atom. The van der Waals surface area contributed by atoms with Crippen LogP contribution in [0.3, 0.4) is 0 Å². The number of ether oxygens (including phenoxy) is 1. The molecule has 2 aromatic rings. The van der Waals surface area contributed by atoms with Crippen LogP contribution >= 0.6 is 0 Å². The number of para-hydroxylation sites is 1. The molecule has 2 N–H and O–H groups in total. The van der Waals surface area contributed by atoms with E-state index in [-0.39, 0.29) is 29.6 Å². The third-order valence-electron chi connectivity index (χ3n) is 5.89. The molecule has 1 aromatic carbocycles. The van der Waals surface area contributed by atoms with Crippen LogP contribution in [0.25, 0.3) is 0 Å². The van der Waals surface area contributed by atoms with Crippen LogP contribution in [0.5, 0.6) is 5.75 Å². The van der Waals surface area contributed by atoms with Gasteiger partial charge in [-0.05, 0) is 30.9 Å². The predicted octanol–water partition coefficient (Wildman–Crippen LogP) is 2.61. The van der Waals surface area contributed by atoms with Crippen molar-refractivity contribution in [2.24, 2.45) is 0 Å². The molecule has 29 heavy (non-hydrogen) atoms. The maximum absolute atomic E-state index is 12.6. The first-order valence-corrected chi connectivity index (χ1v) is 10.5. The highest BCUT2D eigenvalue weighted by Crippen LogP contribution is 2.32. The first kappa shape index (κ1) is 19.5. The molecule has 0 spiro atoms. The summed E-state index contributed by atoms with van der Waals surface area (Å²) in [5, 5.41) is 7.53. The van der Waals surface area contributed by atoms with Crippen molar-refractivity contribution >= 4 is 6.03 Å². The summed E-state index contributed by atoms with van der Waals surface area (Å²) < 4.78 is 7.26. The first-order chi connectivity index (χ1) is 14.0. The molecule has 1 atom stereocenters. The van der Waals surface area contributed by atoms with Crippen LogP contribution in [0.4, 0.5) is 4.79 Å². The van der Waals surface area contributed by atoms with Crippen LogP contribution in [0, 0.1) is 0 Å². The summed E-state index contributed by atoms with van der Waals surface area (Å²) in [6, 6.07) is 8.04. The number of rotatable bonds is 4. The Labute approximate surface area is 170 Å². The lowest BCUT2D eigenvalue weighted by molar-refractivity contribution is 0.166. The number of nitrogens with zero attached hydrogens (tertiary/aromatic N) is 3. The number of amides is 2. The maximum Gasteiger partial charge on any atom is 0.343 e. The number of fused-ring (bicyclic) bond motifs is 1. The standard InChI is InChI=1S/C21H29N5O3/c1-14(2)19-23-21(28)26(24-19)16-7-10-25(11-8-16)20(27)22-13-15-9-12-29-18-6-4-3-5-17(15)18/h3-6,14-16H,7-13H2,1-2H3,(H,22,27)(H,23,24,28). The van der Waals surface area contributed by atoms with E-state index in [4.69, 9.17) is 4.74 Å². The van der Waals surface area contributed by atoms with Crippen molar-refractivity contribution in [3.05, 3.63) is 46.1 Å². The number of carbonyl (C=O) groups is 1. The molecule has 2 aliphatic heterocycles. The number of piperidine rings is 1. The van der Waals surface area contributed by atoms with Gasteiger partial charge < -0.3 is 15.0 Å². The number of urea groups is 1. The van der Waals surface area contributed by atoms with Crippen LogP contribution in [0.1, 0.15) is 62.4 Å². The number of carbonyl (C=O) groups excluding carboxylic acids is 1. The Morgan fingerprint density at radius 3 is 2.76 bits per heavy atom. The van der Waals surface area contributed by atoms with Gasteiger partial charge >= 0.3 is 11.7 Å². The van der Waals surface area contributed by atoms with E-state index in [1.807, 2.05) is 36.9 Å². The van der Waals surface area contributed by atoms with Crippen molar-refractivity contribution in [3.63, 3.8) is 0 Å². The topological polar surface area (TPSA) is 92.2 Å². The number of likely N-dealkylation sites (tertiary alicyclic amines) is 1. The minimum atomic E-state index is -0.158. The zero-order valence-corrected chi connectivity index (χ0v) is 17.1. The largest absolute Gasteiger partial charge is 0.493 e. The van der Waals surface area contributed by atoms with Crippen molar-refractivity contribution in [2.45, 2.75) is 51.0 Å². The number of aromatic amines is 1. The Hall–Kier alpha value is -2.77. The summed E-state index contributed by atoms with van der Waals surface area (Å²) in [4.78, 5) is 29.5. The molecule has 0 saturated carbocycles. The summed E-state index contributed by atoms with van der Waals surface area (Å²) >= 11 is 0. The van der Waals surface area contributed by atoms with E-state index in [0.29, 0.717) is 32.1 Å². The SMILES string of the molecule is CC(C)c1nn(C2CCN(C(=O)NCC3CCOc4ccccc43)CC2)c(=O)[nH]1. The van der Waals surface area contributed by atoms with Gasteiger partial charge in [0.1, 0.15) is 11.6 Å². The lowest BCUT2D eigenvalue weighted by Crippen LogP contribution is -2.46. The number of H-pyrrole nitrogens is 1. The van der Waals surface area contributed by atoms with Crippen LogP contribution in [0.15, 0.2) is 29.1 Å². The van der Waals surface area contributed by atoms with Gasteiger partial charge in [0.15, 0.2) is 0 Å². The fraction of sp³-hybridized carbons (Fsp3) is 0.571. The second-order valence-electron chi connectivity index (χ2n) is 8.19. The van der Waals surface area contributed by atoms with Gasteiger partial charge in [-0.1, -0.05) is 32.0 Å². The number of hydrogen-bond donors (Lipinski definition) is 2. The second-order valence-corrected chi connectivity index (χ2v) is 8.19. The average molecular weight is 399 g/mol. The van der Waals surface area contributed by atoms with Gasteiger partial charge in [-0.15, -0.1) is 0 Å². The minimum Gasteiger partial charge on any atom is -0.493 e. The lowest BCUT2D eigenvalue weighted by Gasteiger charge is -2.32. The molecule has 8 nitrogen and oxygen atoms in total. The van der Waals surface area contributed by atoms with Crippen molar-refractivity contribution in [2.75, 3.05) is 26.2 Å². The van der Waals surface area contributed by atoms with Gasteiger partial charge in [0.25, 0.3) is 0 Å². The number of nitrogens with one attached hydrogen (secondary N) is 2. The highest BCUT2D eigenvalue weighted by Gasteiger charge is 2.27. The molecule has 2 amide bonds. The van der Waals surface area contributed by atoms with Gasteiger partial charge in [0.05, 0.1) is 12.6 Å². The van der Waals surface area contributed by atoms with Gasteiger partial charge in [-0.3, -0.25) is 4.98 Å². The molecule has 1 aromatic heterocycles. The monoisotopic (exact) mass is 399 g/mol. The van der Waals surface area contributed by atoms with Gasteiger partial charge in [0, 0.05) is 31.5 Å². The van der Waals surface area contributed by atoms with Crippen LogP contribution in [-0.4, -0.2) is 51.9 Å². The molecule has 156 valence electrons. The summed E-state index contributed by atoms with van der Waals surface area (Å²) in [6.07, 6.45) is 2.37. The summed E-state index contributed by atoms with van der Waals surface area (Å²) in [5.74, 6) is 2.10. The third-order valence-corrected chi connectivity index (χ3v) is 5.89. The van der Waals surface area contributed by atoms with Gasteiger partial charge in [-0.25, -0.2) is 14.3 Å². The molecule has 8 heteroatoms. The Kier molecular flexibility index (Phi) is 5.60. The van der Waals surface area contributed by atoms with E-state index in [1.54, 1.807) is 4.68 Å². The summed E-state index contributed by atoms with van der Waals surface area (Å²) in [5.41, 5.74) is 1.01. The van der Waals surface area contributed by atoms with Crippen LogP contribution in [0.2, 0.25) is 0 Å². The molecule has 1 unspecified atom stereocenters. The summed E-state index contributed by atoms with van der Waals surface area (Å²) in [7, 11) is 0. The van der Waals surface area contributed by atoms with Crippen molar-refractivity contribution < 1.29 is 9.53 Å². The molecule has 2 aliphatic rings. The van der Waals surface area contributed by atoms with E-state index in [1.165, 1.54) is 0 Å². The molecule has 0 aliphatic carbocycles. The van der Waals surface area contributed by atoms with Crippen molar-refractivity contribution in [1.29, 1.82) is 0 Å². The molecular formula is C21H29N5O3. The zero-order chi connectivity index (χ0) is 20.4. The van der Waals surface area contributed by atoms with Crippen LogP contribution in [-0.2, 0) is 0 Å². The number of benzene rings is 1. The minimum absolute atomic E-state index is 0.0373. The van der Waals surface area contributed by atoms with Crippen molar-refractivity contribution in [3.8, 4) is 5.75 Å². The summed E-state index contributed by atoms with van der Waals surface area (Å²) in [6.45, 7) is 6.54. The fourth-order valence-corrected chi connectivity index (χ4v) is 4.12.